The number of hydrogen-bond acceptors (Lipinski definition) is 3. The summed E-state index contributed by atoms with van der Waals surface area (Å²) in [5.41, 5.74) is 2.18. The van der Waals surface area contributed by atoms with E-state index in [4.69, 9.17) is 0 Å². The summed E-state index contributed by atoms with van der Waals surface area (Å²) in [4.78, 5) is 4.45. The molecule has 0 amide bonds. The molecule has 0 aliphatic rings. The number of nitrogens with zero attached hydrogens (tertiary/aromatic N) is 3. The molecule has 2 rings (SSSR count). The molecule has 0 saturated carbocycles. The molecule has 0 spiro atoms. The maximum atomic E-state index is 4.58. The Morgan fingerprint density at radius 1 is 1.26 bits per heavy atom. The predicted octanol–water partition coefficient (Wildman–Crippen LogP) is 3.70. The smallest absolute Gasteiger partial charge is 0.152 e. The van der Waals surface area contributed by atoms with E-state index in [1.165, 1.54) is 12.8 Å². The third kappa shape index (κ3) is 3.06. The zero-order chi connectivity index (χ0) is 13.8. The first kappa shape index (κ1) is 13.8. The second-order valence-corrected chi connectivity index (χ2v) is 5.39. The molecule has 4 heteroatoms. The quantitative estimate of drug-likeness (QED) is 0.861. The Hall–Kier alpha value is -1.58. The van der Waals surface area contributed by atoms with Crippen molar-refractivity contribution in [2.75, 3.05) is 11.9 Å². The van der Waals surface area contributed by atoms with Crippen molar-refractivity contribution in [3.8, 4) is 0 Å². The molecule has 0 fully saturated rings. The third-order valence-corrected chi connectivity index (χ3v) is 3.71. The summed E-state index contributed by atoms with van der Waals surface area (Å²) < 4.78 is 1.91. The van der Waals surface area contributed by atoms with Crippen molar-refractivity contribution in [1.82, 2.24) is 14.6 Å². The van der Waals surface area contributed by atoms with Gasteiger partial charge in [0.25, 0.3) is 0 Å². The van der Waals surface area contributed by atoms with Crippen LogP contribution in [0.5, 0.6) is 0 Å². The van der Waals surface area contributed by atoms with Crippen molar-refractivity contribution < 1.29 is 0 Å². The van der Waals surface area contributed by atoms with E-state index < -0.39 is 0 Å². The first-order chi connectivity index (χ1) is 9.15. The van der Waals surface area contributed by atoms with Crippen LogP contribution in [-0.2, 0) is 0 Å². The highest BCUT2D eigenvalue weighted by molar-refractivity contribution is 5.67. The van der Waals surface area contributed by atoms with Crippen LogP contribution >= 0.6 is 0 Å². The van der Waals surface area contributed by atoms with Gasteiger partial charge in [-0.3, -0.25) is 0 Å². The Balaban J connectivity index is 2.23. The van der Waals surface area contributed by atoms with E-state index in [9.17, 15) is 0 Å². The number of anilines is 1. The van der Waals surface area contributed by atoms with Gasteiger partial charge >= 0.3 is 0 Å². The van der Waals surface area contributed by atoms with Crippen molar-refractivity contribution in [2.45, 2.75) is 46.5 Å². The zero-order valence-electron chi connectivity index (χ0n) is 12.3. The van der Waals surface area contributed by atoms with Crippen LogP contribution in [0.1, 0.15) is 52.1 Å². The van der Waals surface area contributed by atoms with Gasteiger partial charge in [-0.1, -0.05) is 40.5 Å². The summed E-state index contributed by atoms with van der Waals surface area (Å²) in [6.45, 7) is 9.76. The molecule has 19 heavy (non-hydrogen) atoms. The lowest BCUT2D eigenvalue weighted by Gasteiger charge is -2.14. The summed E-state index contributed by atoms with van der Waals surface area (Å²) in [7, 11) is 0. The van der Waals surface area contributed by atoms with Gasteiger partial charge in [0.1, 0.15) is 5.52 Å². The molecule has 0 aliphatic carbocycles. The minimum absolute atomic E-state index is 0.437. The van der Waals surface area contributed by atoms with E-state index in [1.54, 1.807) is 6.20 Å². The van der Waals surface area contributed by atoms with Crippen molar-refractivity contribution in [1.29, 1.82) is 0 Å². The Bertz CT molecular complexity index is 526. The normalized spacial score (nSPS) is 11.7. The first-order valence-corrected chi connectivity index (χ1v) is 7.23. The number of fused-ring (bicyclic) bond motifs is 1. The highest BCUT2D eigenvalue weighted by Crippen LogP contribution is 2.20. The van der Waals surface area contributed by atoms with Gasteiger partial charge in [0, 0.05) is 18.9 Å². The van der Waals surface area contributed by atoms with Crippen LogP contribution in [0.3, 0.4) is 0 Å². The summed E-state index contributed by atoms with van der Waals surface area (Å²) in [6.07, 6.45) is 6.11. The number of hydrogen-bond donors (Lipinski definition) is 1. The Kier molecular flexibility index (Phi) is 4.40. The van der Waals surface area contributed by atoms with Gasteiger partial charge < -0.3 is 5.32 Å². The molecule has 0 bridgehead atoms. The molecular weight excluding hydrogens is 236 g/mol. The largest absolute Gasteiger partial charge is 0.368 e. The maximum absolute atomic E-state index is 4.58. The molecule has 0 saturated heterocycles. The van der Waals surface area contributed by atoms with Crippen molar-refractivity contribution in [3.63, 3.8) is 0 Å². The minimum Gasteiger partial charge on any atom is -0.368 e. The van der Waals surface area contributed by atoms with Gasteiger partial charge in [0.2, 0.25) is 0 Å². The highest BCUT2D eigenvalue weighted by Gasteiger charge is 2.10. The van der Waals surface area contributed by atoms with Gasteiger partial charge in [0.05, 0.1) is 5.69 Å². The minimum atomic E-state index is 0.437. The lowest BCUT2D eigenvalue weighted by Crippen LogP contribution is -2.14. The fraction of sp³-hybridized carbons (Fsp3) is 0.600. The highest BCUT2D eigenvalue weighted by atomic mass is 15.2. The molecule has 2 heterocycles. The second kappa shape index (κ2) is 6.04. The predicted molar refractivity (Wildman–Crippen MR) is 79.6 cm³/mol. The van der Waals surface area contributed by atoms with Crippen LogP contribution in [0.25, 0.3) is 5.52 Å². The van der Waals surface area contributed by atoms with E-state index in [0.29, 0.717) is 11.8 Å². The Morgan fingerprint density at radius 2 is 2.00 bits per heavy atom. The first-order valence-electron chi connectivity index (χ1n) is 7.23. The van der Waals surface area contributed by atoms with Gasteiger partial charge in [-0.2, -0.15) is 5.10 Å². The average Bonchev–Trinajstić information content (AvgIpc) is 2.84. The molecule has 2 aromatic rings. The summed E-state index contributed by atoms with van der Waals surface area (Å²) in [6, 6.07) is 2.13. The van der Waals surface area contributed by atoms with Crippen LogP contribution in [0.4, 0.5) is 5.82 Å². The van der Waals surface area contributed by atoms with Gasteiger partial charge in [-0.15, -0.1) is 0 Å². The summed E-state index contributed by atoms with van der Waals surface area (Å²) >= 11 is 0. The topological polar surface area (TPSA) is 42.2 Å². The molecule has 0 radical (unpaired) electrons. The molecule has 4 nitrogen and oxygen atoms in total. The number of aromatic nitrogens is 3. The number of rotatable bonds is 6. The molecular formula is C15H24N4. The van der Waals surface area contributed by atoms with Crippen LogP contribution < -0.4 is 5.32 Å². The van der Waals surface area contributed by atoms with E-state index in [2.05, 4.69) is 49.2 Å². The molecule has 0 aliphatic heterocycles. The van der Waals surface area contributed by atoms with Crippen molar-refractivity contribution in [2.24, 2.45) is 5.92 Å². The fourth-order valence-electron chi connectivity index (χ4n) is 2.18. The summed E-state index contributed by atoms with van der Waals surface area (Å²) in [5.74, 6) is 2.08. The fourth-order valence-corrected chi connectivity index (χ4v) is 2.18. The van der Waals surface area contributed by atoms with E-state index in [0.717, 1.165) is 23.6 Å². The average molecular weight is 260 g/mol. The van der Waals surface area contributed by atoms with E-state index in [1.807, 2.05) is 10.7 Å². The van der Waals surface area contributed by atoms with E-state index >= 15 is 0 Å². The molecule has 1 N–H and O–H groups in total. The third-order valence-electron chi connectivity index (χ3n) is 3.71. The van der Waals surface area contributed by atoms with Gasteiger partial charge in [-0.05, 0) is 17.9 Å². The molecule has 104 valence electrons. The van der Waals surface area contributed by atoms with Gasteiger partial charge in [-0.25, -0.2) is 9.50 Å². The molecule has 0 unspecified atom stereocenters. The van der Waals surface area contributed by atoms with Crippen LogP contribution in [0, 0.1) is 5.92 Å². The zero-order valence-corrected chi connectivity index (χ0v) is 12.3. The summed E-state index contributed by atoms with van der Waals surface area (Å²) in [5, 5.41) is 8.05. The Labute approximate surface area is 115 Å². The standard InChI is InChI=1S/C15H24N4/c1-5-12(6-2)10-17-15-14-9-13(11(3)4)18-19(14)8-7-16-15/h7-9,11-12H,5-6,10H2,1-4H3,(H,16,17). The molecule has 0 atom stereocenters. The SMILES string of the molecule is CCC(CC)CNc1nccn2nc(C(C)C)cc12. The molecule has 0 aromatic carbocycles. The molecule has 2 aromatic heterocycles. The van der Waals surface area contributed by atoms with Gasteiger partial charge in [0.15, 0.2) is 5.82 Å². The van der Waals surface area contributed by atoms with Crippen LogP contribution in [0.2, 0.25) is 0 Å². The van der Waals surface area contributed by atoms with Crippen molar-refractivity contribution >= 4 is 11.3 Å². The Morgan fingerprint density at radius 3 is 2.63 bits per heavy atom. The monoisotopic (exact) mass is 260 g/mol. The van der Waals surface area contributed by atoms with Crippen molar-refractivity contribution in [3.05, 3.63) is 24.2 Å². The number of nitrogens with one attached hydrogen (secondary N) is 1. The maximum Gasteiger partial charge on any atom is 0.152 e. The van der Waals surface area contributed by atoms with Crippen LogP contribution in [0.15, 0.2) is 18.5 Å². The second-order valence-electron chi connectivity index (χ2n) is 5.39. The lowest BCUT2D eigenvalue weighted by atomic mass is 10.0. The lowest BCUT2D eigenvalue weighted by molar-refractivity contribution is 0.518. The van der Waals surface area contributed by atoms with E-state index in [-0.39, 0.29) is 0 Å². The van der Waals surface area contributed by atoms with Crippen LogP contribution in [-0.4, -0.2) is 21.1 Å².